The minimum Gasteiger partial charge on any atom is -0.379 e. The molecule has 1 aromatic carbocycles. The van der Waals surface area contributed by atoms with Gasteiger partial charge in [0, 0.05) is 38.8 Å². The number of aliphatic imine (C=N–C) groups is 1. The molecular weight excluding hydrogens is 439 g/mol. The van der Waals surface area contributed by atoms with Gasteiger partial charge in [0.2, 0.25) is 0 Å². The maximum Gasteiger partial charge on any atom is 0.194 e. The van der Waals surface area contributed by atoms with E-state index in [-0.39, 0.29) is 24.0 Å². The molecule has 0 aromatic heterocycles. The molecule has 5 nitrogen and oxygen atoms in total. The Hall–Kier alpha value is -0.860. The van der Waals surface area contributed by atoms with Gasteiger partial charge in [0.05, 0.1) is 19.8 Å². The molecule has 2 fully saturated rings. The lowest BCUT2D eigenvalue weighted by atomic mass is 10.1. The average molecular weight is 472 g/mol. The molecule has 26 heavy (non-hydrogen) atoms. The van der Waals surface area contributed by atoms with Crippen LogP contribution in [0.4, 0.5) is 0 Å². The summed E-state index contributed by atoms with van der Waals surface area (Å²) in [5.41, 5.74) is 3.95. The lowest BCUT2D eigenvalue weighted by Gasteiger charge is -2.32. The molecule has 0 radical (unpaired) electrons. The summed E-state index contributed by atoms with van der Waals surface area (Å²) < 4.78 is 5.49. The zero-order chi connectivity index (χ0) is 17.6. The summed E-state index contributed by atoms with van der Waals surface area (Å²) in [4.78, 5) is 9.93. The lowest BCUT2D eigenvalue weighted by Crippen LogP contribution is -2.46. The fourth-order valence-electron chi connectivity index (χ4n) is 3.78. The number of likely N-dealkylation sites (tertiary alicyclic amines) is 1. The third-order valence-corrected chi connectivity index (χ3v) is 5.26. The first-order valence-corrected chi connectivity index (χ1v) is 9.58. The van der Waals surface area contributed by atoms with Gasteiger partial charge in [0.25, 0.3) is 0 Å². The topological polar surface area (TPSA) is 40.1 Å². The van der Waals surface area contributed by atoms with Crippen molar-refractivity contribution in [1.82, 2.24) is 15.1 Å². The smallest absolute Gasteiger partial charge is 0.194 e. The van der Waals surface area contributed by atoms with Crippen molar-refractivity contribution in [3.63, 3.8) is 0 Å². The Morgan fingerprint density at radius 3 is 2.69 bits per heavy atom. The second kappa shape index (κ2) is 10.5. The Kier molecular flexibility index (Phi) is 8.63. The van der Waals surface area contributed by atoms with Crippen LogP contribution in [0.5, 0.6) is 0 Å². The highest BCUT2D eigenvalue weighted by molar-refractivity contribution is 14.0. The van der Waals surface area contributed by atoms with Gasteiger partial charge >= 0.3 is 0 Å². The molecule has 1 N–H and O–H groups in total. The number of guanidine groups is 1. The van der Waals surface area contributed by atoms with Gasteiger partial charge in [0.1, 0.15) is 0 Å². The summed E-state index contributed by atoms with van der Waals surface area (Å²) in [5, 5.41) is 3.48. The molecule has 2 heterocycles. The van der Waals surface area contributed by atoms with E-state index in [9.17, 15) is 0 Å². The van der Waals surface area contributed by atoms with Crippen LogP contribution in [-0.2, 0) is 11.3 Å². The maximum atomic E-state index is 5.49. The molecule has 0 spiro atoms. The summed E-state index contributed by atoms with van der Waals surface area (Å²) in [6, 6.07) is 7.25. The fourth-order valence-corrected chi connectivity index (χ4v) is 3.78. The van der Waals surface area contributed by atoms with Crippen LogP contribution in [0.15, 0.2) is 23.2 Å². The lowest BCUT2D eigenvalue weighted by molar-refractivity contribution is 0.0195. The monoisotopic (exact) mass is 472 g/mol. The molecule has 1 atom stereocenters. The number of hydrogen-bond donors (Lipinski definition) is 1. The molecular formula is C20H33IN4O. The van der Waals surface area contributed by atoms with Crippen LogP contribution in [-0.4, -0.2) is 67.7 Å². The molecule has 0 amide bonds. The molecule has 3 rings (SSSR count). The number of halogens is 1. The third kappa shape index (κ3) is 5.57. The quantitative estimate of drug-likeness (QED) is 0.416. The van der Waals surface area contributed by atoms with Gasteiger partial charge in [-0.1, -0.05) is 23.8 Å². The van der Waals surface area contributed by atoms with Crippen LogP contribution in [0.3, 0.4) is 0 Å². The molecule has 6 heteroatoms. The first kappa shape index (κ1) is 21.4. The number of aryl methyl sites for hydroxylation is 2. The van der Waals surface area contributed by atoms with E-state index in [0.29, 0.717) is 6.04 Å². The minimum absolute atomic E-state index is 0. The highest BCUT2D eigenvalue weighted by Crippen LogP contribution is 2.18. The van der Waals surface area contributed by atoms with Gasteiger partial charge < -0.3 is 15.0 Å². The van der Waals surface area contributed by atoms with Crippen molar-refractivity contribution in [1.29, 1.82) is 0 Å². The van der Waals surface area contributed by atoms with Crippen LogP contribution >= 0.6 is 24.0 Å². The summed E-state index contributed by atoms with van der Waals surface area (Å²) in [6.07, 6.45) is 1.22. The Balaban J connectivity index is 0.00000243. The van der Waals surface area contributed by atoms with E-state index in [1.807, 2.05) is 0 Å². The van der Waals surface area contributed by atoms with E-state index in [1.54, 1.807) is 0 Å². The first-order chi connectivity index (χ1) is 12.2. The molecule has 0 aliphatic carbocycles. The standard InChI is InChI=1S/C20H32N4O.HI/c1-4-21-20(22-14-18-6-5-16(2)13-17(18)3)24-8-7-19(15-24)23-9-11-25-12-10-23;/h5-6,13,19H,4,7-12,14-15H2,1-3H3,(H,21,22);1H. The third-order valence-electron chi connectivity index (χ3n) is 5.26. The van der Waals surface area contributed by atoms with Gasteiger partial charge in [0.15, 0.2) is 5.96 Å². The van der Waals surface area contributed by atoms with Crippen molar-refractivity contribution < 1.29 is 4.74 Å². The molecule has 1 unspecified atom stereocenters. The predicted octanol–water partition coefficient (Wildman–Crippen LogP) is 2.79. The van der Waals surface area contributed by atoms with Crippen LogP contribution < -0.4 is 5.32 Å². The van der Waals surface area contributed by atoms with E-state index in [2.05, 4.69) is 54.1 Å². The maximum absolute atomic E-state index is 5.49. The largest absolute Gasteiger partial charge is 0.379 e. The number of ether oxygens (including phenoxy) is 1. The van der Waals surface area contributed by atoms with E-state index in [0.717, 1.165) is 58.4 Å². The Labute approximate surface area is 175 Å². The highest BCUT2D eigenvalue weighted by Gasteiger charge is 2.30. The molecule has 2 aliphatic rings. The van der Waals surface area contributed by atoms with E-state index in [1.165, 1.54) is 23.1 Å². The van der Waals surface area contributed by atoms with E-state index < -0.39 is 0 Å². The molecule has 2 aliphatic heterocycles. The second-order valence-electron chi connectivity index (χ2n) is 7.14. The van der Waals surface area contributed by atoms with Gasteiger partial charge in [-0.3, -0.25) is 4.90 Å². The summed E-state index contributed by atoms with van der Waals surface area (Å²) in [7, 11) is 0. The SMILES string of the molecule is CCNC(=NCc1ccc(C)cc1C)N1CCC(N2CCOCC2)C1.I. The first-order valence-electron chi connectivity index (χ1n) is 9.58. The molecule has 1 aromatic rings. The van der Waals surface area contributed by atoms with Crippen molar-refractivity contribution in [2.75, 3.05) is 45.9 Å². The number of morpholine rings is 1. The zero-order valence-corrected chi connectivity index (χ0v) is 18.7. The number of benzene rings is 1. The summed E-state index contributed by atoms with van der Waals surface area (Å²) in [6.45, 7) is 14.1. The van der Waals surface area contributed by atoms with Gasteiger partial charge in [-0.25, -0.2) is 4.99 Å². The van der Waals surface area contributed by atoms with E-state index >= 15 is 0 Å². The van der Waals surface area contributed by atoms with E-state index in [4.69, 9.17) is 9.73 Å². The fraction of sp³-hybridized carbons (Fsp3) is 0.650. The van der Waals surface area contributed by atoms with Gasteiger partial charge in [-0.05, 0) is 38.3 Å². The molecule has 2 saturated heterocycles. The number of nitrogens with one attached hydrogen (secondary N) is 1. The van der Waals surface area contributed by atoms with Crippen molar-refractivity contribution >= 4 is 29.9 Å². The number of nitrogens with zero attached hydrogens (tertiary/aromatic N) is 3. The summed E-state index contributed by atoms with van der Waals surface area (Å²) >= 11 is 0. The second-order valence-corrected chi connectivity index (χ2v) is 7.14. The van der Waals surface area contributed by atoms with Crippen molar-refractivity contribution in [2.24, 2.45) is 4.99 Å². The van der Waals surface area contributed by atoms with Crippen LogP contribution in [0.2, 0.25) is 0 Å². The molecule has 146 valence electrons. The Morgan fingerprint density at radius 2 is 2.00 bits per heavy atom. The van der Waals surface area contributed by atoms with Gasteiger partial charge in [-0.15, -0.1) is 24.0 Å². The molecule has 0 saturated carbocycles. The normalized spacial score (nSPS) is 21.6. The van der Waals surface area contributed by atoms with Crippen LogP contribution in [0.25, 0.3) is 0 Å². The highest BCUT2D eigenvalue weighted by atomic mass is 127. The Morgan fingerprint density at radius 1 is 1.23 bits per heavy atom. The Bertz CT molecular complexity index is 601. The number of hydrogen-bond acceptors (Lipinski definition) is 3. The van der Waals surface area contributed by atoms with Crippen LogP contribution in [0.1, 0.15) is 30.0 Å². The number of rotatable bonds is 4. The van der Waals surface area contributed by atoms with Crippen molar-refractivity contribution in [3.8, 4) is 0 Å². The van der Waals surface area contributed by atoms with Crippen LogP contribution in [0, 0.1) is 13.8 Å². The minimum atomic E-state index is 0. The zero-order valence-electron chi connectivity index (χ0n) is 16.3. The predicted molar refractivity (Wildman–Crippen MR) is 119 cm³/mol. The average Bonchev–Trinajstić information content (AvgIpc) is 3.10. The molecule has 0 bridgehead atoms. The van der Waals surface area contributed by atoms with Gasteiger partial charge in [-0.2, -0.15) is 0 Å². The summed E-state index contributed by atoms with van der Waals surface area (Å²) in [5.74, 6) is 1.05. The van der Waals surface area contributed by atoms with Crippen molar-refractivity contribution in [3.05, 3.63) is 34.9 Å². The van der Waals surface area contributed by atoms with Crippen molar-refractivity contribution in [2.45, 2.75) is 39.8 Å².